The van der Waals surface area contributed by atoms with Crippen LogP contribution in [0.4, 0.5) is 0 Å². The van der Waals surface area contributed by atoms with E-state index in [4.69, 9.17) is 5.73 Å². The maximum absolute atomic E-state index is 12.0. The van der Waals surface area contributed by atoms with Gasteiger partial charge >= 0.3 is 5.97 Å². The van der Waals surface area contributed by atoms with Crippen LogP contribution < -0.4 is 5.73 Å². The minimum Gasteiger partial charge on any atom is -0.390 e. The summed E-state index contributed by atoms with van der Waals surface area (Å²) in [5.74, 6) is -0.719. The van der Waals surface area contributed by atoms with E-state index in [-0.39, 0.29) is 24.1 Å². The molecule has 0 aromatic heterocycles. The molecule has 0 fully saturated rings. The minimum absolute atomic E-state index is 0.0311. The van der Waals surface area contributed by atoms with E-state index in [0.29, 0.717) is 6.54 Å². The van der Waals surface area contributed by atoms with Crippen LogP contribution in [0.3, 0.4) is 0 Å². The van der Waals surface area contributed by atoms with E-state index in [1.807, 2.05) is 6.92 Å². The lowest BCUT2D eigenvalue weighted by atomic mass is 10.0. The fourth-order valence-corrected chi connectivity index (χ4v) is 1.81. The quantitative estimate of drug-likeness (QED) is 0.299. The third-order valence-electron chi connectivity index (χ3n) is 2.84. The van der Waals surface area contributed by atoms with Crippen LogP contribution in [-0.2, 0) is 14.4 Å². The van der Waals surface area contributed by atoms with Gasteiger partial charge in [-0.1, -0.05) is 18.5 Å². The molecule has 7 heteroatoms. The summed E-state index contributed by atoms with van der Waals surface area (Å²) in [7, 11) is 1.65. The van der Waals surface area contributed by atoms with Gasteiger partial charge in [0.05, 0.1) is 12.0 Å². The van der Waals surface area contributed by atoms with Gasteiger partial charge in [-0.2, -0.15) is 0 Å². The van der Waals surface area contributed by atoms with E-state index < -0.39 is 11.6 Å². The lowest BCUT2D eigenvalue weighted by Crippen LogP contribution is -2.40. The number of amides is 1. The summed E-state index contributed by atoms with van der Waals surface area (Å²) in [6, 6.07) is 0. The molecular weight excluding hydrogens is 274 g/mol. The van der Waals surface area contributed by atoms with Gasteiger partial charge < -0.3 is 20.6 Å². The molecule has 1 unspecified atom stereocenters. The van der Waals surface area contributed by atoms with Gasteiger partial charge in [-0.05, 0) is 20.3 Å². The monoisotopic (exact) mass is 301 g/mol. The highest BCUT2D eigenvalue weighted by Crippen LogP contribution is 2.13. The Labute approximate surface area is 126 Å². The lowest BCUT2D eigenvalue weighted by Gasteiger charge is -2.26. The SMILES string of the molecule is CCCC(CN(C)C(=O)CC(C)(C)O)/C(N)=N/OC(C)=O. The molecule has 3 N–H and O–H groups in total. The number of carbonyl (C=O) groups is 2. The third kappa shape index (κ3) is 9.01. The number of amidine groups is 1. The third-order valence-corrected chi connectivity index (χ3v) is 2.84. The Morgan fingerprint density at radius 1 is 1.43 bits per heavy atom. The molecule has 0 heterocycles. The molecule has 1 amide bonds. The molecule has 7 nitrogen and oxygen atoms in total. The number of carbonyl (C=O) groups excluding carboxylic acids is 2. The van der Waals surface area contributed by atoms with E-state index in [1.54, 1.807) is 20.9 Å². The van der Waals surface area contributed by atoms with Crippen LogP contribution in [0, 0.1) is 5.92 Å². The van der Waals surface area contributed by atoms with E-state index >= 15 is 0 Å². The Morgan fingerprint density at radius 2 is 2.00 bits per heavy atom. The molecule has 21 heavy (non-hydrogen) atoms. The average Bonchev–Trinajstić information content (AvgIpc) is 2.33. The smallest absolute Gasteiger partial charge is 0.332 e. The van der Waals surface area contributed by atoms with Crippen molar-refractivity contribution in [3.8, 4) is 0 Å². The van der Waals surface area contributed by atoms with Crippen LogP contribution >= 0.6 is 0 Å². The van der Waals surface area contributed by atoms with E-state index in [1.165, 1.54) is 11.8 Å². The number of aliphatic hydroxyl groups is 1. The molecule has 0 aliphatic heterocycles. The molecule has 0 aliphatic carbocycles. The van der Waals surface area contributed by atoms with Crippen molar-refractivity contribution >= 4 is 17.7 Å². The molecule has 0 spiro atoms. The first kappa shape index (κ1) is 19.4. The van der Waals surface area contributed by atoms with Gasteiger partial charge in [0.2, 0.25) is 5.91 Å². The van der Waals surface area contributed by atoms with E-state index in [0.717, 1.165) is 12.8 Å². The molecule has 0 bridgehead atoms. The Morgan fingerprint density at radius 3 is 2.43 bits per heavy atom. The summed E-state index contributed by atoms with van der Waals surface area (Å²) in [5.41, 5.74) is 4.76. The number of nitrogens with zero attached hydrogens (tertiary/aromatic N) is 2. The molecule has 0 saturated heterocycles. The van der Waals surface area contributed by atoms with Crippen molar-refractivity contribution in [2.75, 3.05) is 13.6 Å². The Kier molecular flexibility index (Phi) is 7.94. The van der Waals surface area contributed by atoms with Gasteiger partial charge in [-0.15, -0.1) is 0 Å². The minimum atomic E-state index is -1.05. The van der Waals surface area contributed by atoms with Crippen LogP contribution in [0.1, 0.15) is 47.0 Å². The number of hydrogen-bond donors (Lipinski definition) is 2. The van der Waals surface area contributed by atoms with Crippen molar-refractivity contribution in [3.63, 3.8) is 0 Å². The standard InChI is InChI=1S/C14H27N3O4/c1-6-7-11(13(15)16-21-10(2)18)9-17(5)12(19)8-14(3,4)20/h11,20H,6-9H2,1-5H3,(H2,15,16). The highest BCUT2D eigenvalue weighted by atomic mass is 16.7. The Balaban J connectivity index is 4.72. The Hall–Kier alpha value is -1.63. The molecule has 0 aromatic rings. The first-order valence-corrected chi connectivity index (χ1v) is 7.04. The molecule has 1 atom stereocenters. The summed E-state index contributed by atoms with van der Waals surface area (Å²) in [4.78, 5) is 28.8. The zero-order chi connectivity index (χ0) is 16.6. The van der Waals surface area contributed by atoms with Gasteiger partial charge in [-0.3, -0.25) is 4.79 Å². The van der Waals surface area contributed by atoms with Crippen LogP contribution in [0.5, 0.6) is 0 Å². The molecule has 0 radical (unpaired) electrons. The summed E-state index contributed by atoms with van der Waals surface area (Å²) < 4.78 is 0. The fraction of sp³-hybridized carbons (Fsp3) is 0.786. The molecule has 0 aliphatic rings. The highest BCUT2D eigenvalue weighted by molar-refractivity contribution is 5.84. The van der Waals surface area contributed by atoms with E-state index in [9.17, 15) is 14.7 Å². The van der Waals surface area contributed by atoms with Crippen molar-refractivity contribution in [1.82, 2.24) is 4.90 Å². The van der Waals surface area contributed by atoms with Crippen LogP contribution in [0.2, 0.25) is 0 Å². The predicted molar refractivity (Wildman–Crippen MR) is 80.3 cm³/mol. The normalized spacial score (nSPS) is 13.7. The van der Waals surface area contributed by atoms with Gasteiger partial charge in [0.25, 0.3) is 0 Å². The van der Waals surface area contributed by atoms with Crippen LogP contribution in [0.15, 0.2) is 5.16 Å². The fourth-order valence-electron chi connectivity index (χ4n) is 1.81. The van der Waals surface area contributed by atoms with Crippen molar-refractivity contribution in [2.45, 2.75) is 52.6 Å². The topological polar surface area (TPSA) is 105 Å². The summed E-state index contributed by atoms with van der Waals surface area (Å²) >= 11 is 0. The lowest BCUT2D eigenvalue weighted by molar-refractivity contribution is -0.141. The average molecular weight is 301 g/mol. The number of oxime groups is 1. The second-order valence-corrected chi connectivity index (χ2v) is 5.85. The number of nitrogens with two attached hydrogens (primary N) is 1. The molecular formula is C14H27N3O4. The molecule has 0 aromatic carbocycles. The maximum Gasteiger partial charge on any atom is 0.332 e. The van der Waals surface area contributed by atoms with Crippen molar-refractivity contribution in [3.05, 3.63) is 0 Å². The molecule has 0 rings (SSSR count). The van der Waals surface area contributed by atoms with Gasteiger partial charge in [-0.25, -0.2) is 4.79 Å². The van der Waals surface area contributed by atoms with E-state index in [2.05, 4.69) is 9.99 Å². The molecule has 0 saturated carbocycles. The Bertz CT molecular complexity index is 388. The maximum atomic E-state index is 12.0. The van der Waals surface area contributed by atoms with Crippen LogP contribution in [-0.4, -0.2) is 46.9 Å². The van der Waals surface area contributed by atoms with Crippen LogP contribution in [0.25, 0.3) is 0 Å². The zero-order valence-corrected chi connectivity index (χ0v) is 13.5. The summed E-state index contributed by atoms with van der Waals surface area (Å²) in [5, 5.41) is 13.3. The summed E-state index contributed by atoms with van der Waals surface area (Å²) in [6.07, 6.45) is 1.61. The highest BCUT2D eigenvalue weighted by Gasteiger charge is 2.24. The van der Waals surface area contributed by atoms with Gasteiger partial charge in [0, 0.05) is 26.4 Å². The van der Waals surface area contributed by atoms with Crippen molar-refractivity contribution in [2.24, 2.45) is 16.8 Å². The first-order chi connectivity index (χ1) is 9.56. The second-order valence-electron chi connectivity index (χ2n) is 5.85. The largest absolute Gasteiger partial charge is 0.390 e. The first-order valence-electron chi connectivity index (χ1n) is 7.04. The predicted octanol–water partition coefficient (Wildman–Crippen LogP) is 0.857. The number of hydrogen-bond acceptors (Lipinski definition) is 5. The van der Waals surface area contributed by atoms with Crippen molar-refractivity contribution in [1.29, 1.82) is 0 Å². The second kappa shape index (κ2) is 8.61. The molecule has 122 valence electrons. The van der Waals surface area contributed by atoms with Crippen molar-refractivity contribution < 1.29 is 19.5 Å². The van der Waals surface area contributed by atoms with Gasteiger partial charge in [0.1, 0.15) is 5.84 Å². The zero-order valence-electron chi connectivity index (χ0n) is 13.5. The van der Waals surface area contributed by atoms with Gasteiger partial charge in [0.15, 0.2) is 0 Å². The number of rotatable bonds is 8. The summed E-state index contributed by atoms with van der Waals surface area (Å²) in [6.45, 7) is 6.76.